The summed E-state index contributed by atoms with van der Waals surface area (Å²) in [6.45, 7) is 4.11. The highest BCUT2D eigenvalue weighted by atomic mass is 32.1. The van der Waals surface area contributed by atoms with Crippen LogP contribution < -0.4 is 5.32 Å². The van der Waals surface area contributed by atoms with E-state index in [1.807, 2.05) is 31.3 Å². The summed E-state index contributed by atoms with van der Waals surface area (Å²) in [4.78, 5) is 13.1. The highest BCUT2D eigenvalue weighted by Crippen LogP contribution is 2.43. The molecule has 1 aromatic carbocycles. The number of anilines is 2. The minimum absolute atomic E-state index is 0.0427. The van der Waals surface area contributed by atoms with Gasteiger partial charge in [-0.2, -0.15) is 13.2 Å². The molecule has 9 heteroatoms. The number of aliphatic hydroxyl groups is 1. The summed E-state index contributed by atoms with van der Waals surface area (Å²) < 4.78 is 38.8. The van der Waals surface area contributed by atoms with Gasteiger partial charge in [-0.25, -0.2) is 15.0 Å². The lowest BCUT2D eigenvalue weighted by Gasteiger charge is -2.33. The Hall–Kier alpha value is -2.52. The Labute approximate surface area is 182 Å². The fraction of sp³-hybridized carbons (Fsp3) is 0.409. The molecule has 3 aromatic rings. The van der Waals surface area contributed by atoms with E-state index < -0.39 is 11.9 Å². The SMILES string of the molecule is Cc1cc(Nc2nccc(C(F)(F)F)n2)cc(-c2cnc(C3(C)CCC(O)CC3)s2)c1. The number of nitrogens with zero attached hydrogens (tertiary/aromatic N) is 3. The fourth-order valence-corrected chi connectivity index (χ4v) is 4.95. The maximum absolute atomic E-state index is 12.9. The average Bonchev–Trinajstić information content (AvgIpc) is 3.21. The number of aryl methyl sites for hydroxylation is 1. The first kappa shape index (κ1) is 21.7. The standard InChI is InChI=1S/C22H23F3N4OS/c1-13-9-14(17-12-27-19(31-17)21(2)6-3-16(30)4-7-21)11-15(10-13)28-20-26-8-5-18(29-20)22(23,24)25/h5,8-12,16,30H,3-4,6-7H2,1-2H3,(H,26,28,29). The van der Waals surface area contributed by atoms with E-state index >= 15 is 0 Å². The van der Waals surface area contributed by atoms with Gasteiger partial charge in [-0.3, -0.25) is 0 Å². The normalized spacial score (nSPS) is 21.8. The summed E-state index contributed by atoms with van der Waals surface area (Å²) in [6, 6.07) is 6.55. The Morgan fingerprint density at radius 1 is 1.16 bits per heavy atom. The zero-order chi connectivity index (χ0) is 22.2. The lowest BCUT2D eigenvalue weighted by atomic mass is 9.75. The predicted molar refractivity (Wildman–Crippen MR) is 114 cm³/mol. The first-order chi connectivity index (χ1) is 14.6. The van der Waals surface area contributed by atoms with Crippen molar-refractivity contribution in [3.8, 4) is 10.4 Å². The summed E-state index contributed by atoms with van der Waals surface area (Å²) in [7, 11) is 0. The van der Waals surface area contributed by atoms with Gasteiger partial charge in [0, 0.05) is 23.5 Å². The van der Waals surface area contributed by atoms with E-state index in [4.69, 9.17) is 0 Å². The average molecular weight is 449 g/mol. The smallest absolute Gasteiger partial charge is 0.393 e. The van der Waals surface area contributed by atoms with E-state index in [2.05, 4.69) is 27.2 Å². The summed E-state index contributed by atoms with van der Waals surface area (Å²) in [6.07, 6.45) is 1.53. The molecule has 0 spiro atoms. The third-order valence-electron chi connectivity index (χ3n) is 5.64. The second-order valence-corrected chi connectivity index (χ2v) is 9.33. The lowest BCUT2D eigenvalue weighted by Crippen LogP contribution is -2.30. The molecule has 1 aliphatic carbocycles. The third-order valence-corrected chi connectivity index (χ3v) is 7.00. The van der Waals surface area contributed by atoms with E-state index in [1.165, 1.54) is 0 Å². The van der Waals surface area contributed by atoms with Crippen LogP contribution in [0.5, 0.6) is 0 Å². The molecule has 1 fully saturated rings. The van der Waals surface area contributed by atoms with Crippen molar-refractivity contribution in [2.75, 3.05) is 5.32 Å². The maximum Gasteiger partial charge on any atom is 0.433 e. The van der Waals surface area contributed by atoms with Crippen LogP contribution in [-0.4, -0.2) is 26.2 Å². The van der Waals surface area contributed by atoms with Gasteiger partial charge in [-0.15, -0.1) is 11.3 Å². The van der Waals surface area contributed by atoms with Gasteiger partial charge in [-0.05, 0) is 61.9 Å². The molecule has 1 saturated carbocycles. The summed E-state index contributed by atoms with van der Waals surface area (Å²) in [5.41, 5.74) is 1.46. The molecule has 4 rings (SSSR count). The largest absolute Gasteiger partial charge is 0.433 e. The molecular weight excluding hydrogens is 425 g/mol. The van der Waals surface area contributed by atoms with Gasteiger partial charge in [0.15, 0.2) is 0 Å². The minimum atomic E-state index is -4.53. The molecule has 0 amide bonds. The Balaban J connectivity index is 1.59. The van der Waals surface area contributed by atoms with E-state index in [0.717, 1.165) is 59.0 Å². The first-order valence-corrected chi connectivity index (χ1v) is 10.9. The molecular formula is C22H23F3N4OS. The topological polar surface area (TPSA) is 70.9 Å². The van der Waals surface area contributed by atoms with Gasteiger partial charge >= 0.3 is 6.18 Å². The Morgan fingerprint density at radius 2 is 1.90 bits per heavy atom. The number of halogens is 3. The first-order valence-electron chi connectivity index (χ1n) is 10.1. The van der Waals surface area contributed by atoms with Gasteiger partial charge < -0.3 is 10.4 Å². The zero-order valence-electron chi connectivity index (χ0n) is 17.2. The van der Waals surface area contributed by atoms with Crippen molar-refractivity contribution in [1.29, 1.82) is 0 Å². The van der Waals surface area contributed by atoms with E-state index in [9.17, 15) is 18.3 Å². The van der Waals surface area contributed by atoms with Crippen molar-refractivity contribution in [2.45, 2.75) is 57.2 Å². The molecule has 0 saturated heterocycles. The van der Waals surface area contributed by atoms with Crippen molar-refractivity contribution < 1.29 is 18.3 Å². The molecule has 5 nitrogen and oxygen atoms in total. The zero-order valence-corrected chi connectivity index (χ0v) is 18.0. The van der Waals surface area contributed by atoms with Gasteiger partial charge in [0.25, 0.3) is 0 Å². The molecule has 0 atom stereocenters. The lowest BCUT2D eigenvalue weighted by molar-refractivity contribution is -0.141. The van der Waals surface area contributed by atoms with Crippen molar-refractivity contribution in [3.63, 3.8) is 0 Å². The van der Waals surface area contributed by atoms with Crippen molar-refractivity contribution in [3.05, 3.63) is 52.9 Å². The molecule has 1 aliphatic rings. The molecule has 0 radical (unpaired) electrons. The number of nitrogens with one attached hydrogen (secondary N) is 1. The van der Waals surface area contributed by atoms with Crippen LogP contribution in [0, 0.1) is 6.92 Å². The van der Waals surface area contributed by atoms with Gasteiger partial charge in [0.1, 0.15) is 5.69 Å². The molecule has 0 aliphatic heterocycles. The number of hydrogen-bond acceptors (Lipinski definition) is 6. The van der Waals surface area contributed by atoms with Crippen LogP contribution >= 0.6 is 11.3 Å². The van der Waals surface area contributed by atoms with Crippen molar-refractivity contribution in [1.82, 2.24) is 15.0 Å². The Morgan fingerprint density at radius 3 is 2.61 bits per heavy atom. The van der Waals surface area contributed by atoms with Gasteiger partial charge in [-0.1, -0.05) is 13.0 Å². The van der Waals surface area contributed by atoms with Crippen molar-refractivity contribution in [2.24, 2.45) is 0 Å². The van der Waals surface area contributed by atoms with Crippen LogP contribution in [-0.2, 0) is 11.6 Å². The number of aromatic nitrogens is 3. The summed E-state index contributed by atoms with van der Waals surface area (Å²) >= 11 is 1.62. The second kappa shape index (κ2) is 8.20. The molecule has 0 bridgehead atoms. The number of hydrogen-bond donors (Lipinski definition) is 2. The van der Waals surface area contributed by atoms with Crippen LogP contribution in [0.1, 0.15) is 48.9 Å². The second-order valence-electron chi connectivity index (χ2n) is 8.30. The maximum atomic E-state index is 12.9. The van der Waals surface area contributed by atoms with Crippen LogP contribution in [0.4, 0.5) is 24.8 Å². The van der Waals surface area contributed by atoms with E-state index in [-0.39, 0.29) is 17.5 Å². The third kappa shape index (κ3) is 4.88. The Kier molecular flexibility index (Phi) is 5.74. The van der Waals surface area contributed by atoms with Crippen molar-refractivity contribution >= 4 is 23.0 Å². The van der Waals surface area contributed by atoms with Crippen LogP contribution in [0.15, 0.2) is 36.7 Å². The molecule has 31 heavy (non-hydrogen) atoms. The minimum Gasteiger partial charge on any atom is -0.393 e. The summed E-state index contributed by atoms with van der Waals surface area (Å²) in [5.74, 6) is -0.107. The number of rotatable bonds is 4. The highest BCUT2D eigenvalue weighted by Gasteiger charge is 2.35. The molecule has 2 heterocycles. The highest BCUT2D eigenvalue weighted by molar-refractivity contribution is 7.15. The van der Waals surface area contributed by atoms with E-state index in [1.54, 1.807) is 11.3 Å². The monoisotopic (exact) mass is 448 g/mol. The van der Waals surface area contributed by atoms with Gasteiger partial charge in [0.05, 0.1) is 16.0 Å². The molecule has 164 valence electrons. The quantitative estimate of drug-likeness (QED) is 0.523. The Bertz CT molecular complexity index is 1070. The fourth-order valence-electron chi connectivity index (χ4n) is 3.84. The van der Waals surface area contributed by atoms with Gasteiger partial charge in [0.2, 0.25) is 5.95 Å². The van der Waals surface area contributed by atoms with Crippen LogP contribution in [0.2, 0.25) is 0 Å². The number of thiazole rings is 1. The van der Waals surface area contributed by atoms with E-state index in [0.29, 0.717) is 5.69 Å². The van der Waals surface area contributed by atoms with Crippen LogP contribution in [0.25, 0.3) is 10.4 Å². The summed E-state index contributed by atoms with van der Waals surface area (Å²) in [5, 5.41) is 13.8. The predicted octanol–water partition coefficient (Wildman–Crippen LogP) is 5.86. The number of benzene rings is 1. The molecule has 2 N–H and O–H groups in total. The molecule has 0 unspecified atom stereocenters. The number of aliphatic hydroxyl groups excluding tert-OH is 1. The van der Waals surface area contributed by atoms with Crippen LogP contribution in [0.3, 0.4) is 0 Å². The number of alkyl halides is 3. The molecule has 2 aromatic heterocycles.